The van der Waals surface area contributed by atoms with Gasteiger partial charge in [-0.3, -0.25) is 9.59 Å². The molecule has 0 radical (unpaired) electrons. The molecule has 2 N–H and O–H groups in total. The van der Waals surface area contributed by atoms with E-state index in [1.54, 1.807) is 0 Å². The molecule has 1 heterocycles. The van der Waals surface area contributed by atoms with E-state index in [0.29, 0.717) is 6.29 Å². The molecule has 1 amide bonds. The van der Waals surface area contributed by atoms with Gasteiger partial charge in [0.15, 0.2) is 6.29 Å². The fourth-order valence-electron chi connectivity index (χ4n) is 0.960. The van der Waals surface area contributed by atoms with Crippen LogP contribution in [-0.2, 0) is 4.79 Å². The van der Waals surface area contributed by atoms with Crippen molar-refractivity contribution >= 4 is 24.0 Å². The van der Waals surface area contributed by atoms with Crippen LogP contribution in [-0.4, -0.2) is 28.3 Å². The summed E-state index contributed by atoms with van der Waals surface area (Å²) in [6.07, 6.45) is 1.51. The van der Waals surface area contributed by atoms with Gasteiger partial charge in [-0.15, -0.1) is 0 Å². The maximum Gasteiger partial charge on any atom is 0.337 e. The van der Waals surface area contributed by atoms with E-state index in [1.807, 2.05) is 0 Å². The summed E-state index contributed by atoms with van der Waals surface area (Å²) >= 11 is 0. The topological polar surface area (TPSA) is 96.4 Å². The number of aldehydes is 1. The largest absolute Gasteiger partial charge is 0.478 e. The van der Waals surface area contributed by atoms with Gasteiger partial charge in [0.25, 0.3) is 0 Å². The minimum absolute atomic E-state index is 0.0325. The highest BCUT2D eigenvalue weighted by Crippen LogP contribution is 2.11. The second-order valence-electron chi connectivity index (χ2n) is 2.77. The number of nitrogens with one attached hydrogen (secondary N) is 1. The van der Waals surface area contributed by atoms with Gasteiger partial charge >= 0.3 is 5.97 Å². The molecule has 0 aliphatic rings. The zero-order chi connectivity index (χ0) is 11.4. The summed E-state index contributed by atoms with van der Waals surface area (Å²) in [5.74, 6) is -1.50. The number of anilines is 1. The number of carboxylic acids is 1. The summed E-state index contributed by atoms with van der Waals surface area (Å²) in [5, 5.41) is 11.0. The molecule has 1 rings (SSSR count). The number of nitrogens with zero attached hydrogens (tertiary/aromatic N) is 1. The van der Waals surface area contributed by atoms with Gasteiger partial charge in [-0.1, -0.05) is 0 Å². The Hall–Kier alpha value is -2.24. The zero-order valence-corrected chi connectivity index (χ0v) is 7.85. The van der Waals surface area contributed by atoms with Crippen LogP contribution in [0.2, 0.25) is 0 Å². The lowest BCUT2D eigenvalue weighted by Crippen LogP contribution is -2.11. The van der Waals surface area contributed by atoms with Crippen LogP contribution in [0.15, 0.2) is 12.3 Å². The van der Waals surface area contributed by atoms with Crippen LogP contribution in [0.3, 0.4) is 0 Å². The second kappa shape index (κ2) is 4.32. The first-order valence-corrected chi connectivity index (χ1v) is 4.00. The van der Waals surface area contributed by atoms with Crippen molar-refractivity contribution in [2.75, 3.05) is 5.32 Å². The van der Waals surface area contributed by atoms with Gasteiger partial charge < -0.3 is 10.4 Å². The lowest BCUT2D eigenvalue weighted by molar-refractivity contribution is -0.114. The Labute approximate surface area is 84.9 Å². The van der Waals surface area contributed by atoms with Crippen molar-refractivity contribution in [1.82, 2.24) is 4.98 Å². The number of aromatic nitrogens is 1. The molecule has 15 heavy (non-hydrogen) atoms. The van der Waals surface area contributed by atoms with Crippen LogP contribution in [0, 0.1) is 0 Å². The number of aromatic carboxylic acids is 1. The maximum absolute atomic E-state index is 10.7. The summed E-state index contributed by atoms with van der Waals surface area (Å²) in [7, 11) is 0. The Morgan fingerprint density at radius 3 is 2.67 bits per heavy atom. The molecule has 0 aromatic carbocycles. The monoisotopic (exact) mass is 208 g/mol. The van der Waals surface area contributed by atoms with Gasteiger partial charge in [-0.2, -0.15) is 0 Å². The molecule has 0 atom stereocenters. The second-order valence-corrected chi connectivity index (χ2v) is 2.77. The third kappa shape index (κ3) is 2.60. The average molecular weight is 208 g/mol. The number of carboxylic acid groups (broad SMARTS) is 1. The molecule has 0 saturated heterocycles. The average Bonchev–Trinajstić information content (AvgIpc) is 2.17. The highest BCUT2D eigenvalue weighted by Gasteiger charge is 2.09. The summed E-state index contributed by atoms with van der Waals surface area (Å²) in [5.41, 5.74) is -0.0729. The van der Waals surface area contributed by atoms with E-state index in [9.17, 15) is 14.4 Å². The first kappa shape index (κ1) is 10.8. The Balaban J connectivity index is 3.14. The lowest BCUT2D eigenvalue weighted by Gasteiger charge is -2.04. The van der Waals surface area contributed by atoms with Gasteiger partial charge in [0.1, 0.15) is 5.82 Å². The van der Waals surface area contributed by atoms with Crippen molar-refractivity contribution in [3.8, 4) is 0 Å². The number of hydrogen-bond acceptors (Lipinski definition) is 4. The summed E-state index contributed by atoms with van der Waals surface area (Å²) in [6.45, 7) is 1.27. The van der Waals surface area contributed by atoms with E-state index in [0.717, 1.165) is 12.3 Å². The molecule has 78 valence electrons. The number of carbonyl (C=O) groups is 3. The molecule has 0 saturated carbocycles. The molecule has 6 nitrogen and oxygen atoms in total. The van der Waals surface area contributed by atoms with Crippen LogP contribution < -0.4 is 5.32 Å². The predicted octanol–water partition coefficient (Wildman–Crippen LogP) is 0.551. The van der Waals surface area contributed by atoms with Gasteiger partial charge in [0.05, 0.1) is 11.1 Å². The first-order chi connectivity index (χ1) is 7.04. The zero-order valence-electron chi connectivity index (χ0n) is 7.85. The van der Waals surface area contributed by atoms with Gasteiger partial charge in [0, 0.05) is 13.1 Å². The summed E-state index contributed by atoms with van der Waals surface area (Å²) in [6, 6.07) is 1.15. The molecule has 0 spiro atoms. The van der Waals surface area contributed by atoms with Gasteiger partial charge in [0.2, 0.25) is 5.91 Å². The number of pyridine rings is 1. The fraction of sp³-hybridized carbons (Fsp3) is 0.111. The van der Waals surface area contributed by atoms with Crippen molar-refractivity contribution in [3.63, 3.8) is 0 Å². The number of rotatable bonds is 3. The van der Waals surface area contributed by atoms with Crippen LogP contribution in [0.4, 0.5) is 5.82 Å². The SMILES string of the molecule is CC(=O)Nc1ncc(C(=O)O)cc1C=O. The number of amides is 1. The standard InChI is InChI=1S/C9H8N2O4/c1-5(13)11-8-7(4-12)2-6(3-10-8)9(14)15/h2-4H,1H3,(H,14,15)(H,10,11,13). The van der Waals surface area contributed by atoms with Crippen LogP contribution in [0.1, 0.15) is 27.6 Å². The molecule has 0 fully saturated rings. The van der Waals surface area contributed by atoms with E-state index in [2.05, 4.69) is 10.3 Å². The summed E-state index contributed by atoms with van der Waals surface area (Å²) < 4.78 is 0. The smallest absolute Gasteiger partial charge is 0.337 e. The van der Waals surface area contributed by atoms with Crippen LogP contribution >= 0.6 is 0 Å². The van der Waals surface area contributed by atoms with Crippen molar-refractivity contribution in [3.05, 3.63) is 23.4 Å². The van der Waals surface area contributed by atoms with Crippen molar-refractivity contribution < 1.29 is 19.5 Å². The minimum Gasteiger partial charge on any atom is -0.478 e. The number of carbonyl (C=O) groups excluding carboxylic acids is 2. The molecular weight excluding hydrogens is 200 g/mol. The molecular formula is C9H8N2O4. The highest BCUT2D eigenvalue weighted by molar-refractivity contribution is 5.96. The maximum atomic E-state index is 10.7. The molecule has 0 unspecified atom stereocenters. The van der Waals surface area contributed by atoms with E-state index in [-0.39, 0.29) is 22.9 Å². The first-order valence-electron chi connectivity index (χ1n) is 4.00. The molecule has 0 aliphatic heterocycles. The van der Waals surface area contributed by atoms with E-state index in [1.165, 1.54) is 6.92 Å². The Morgan fingerprint density at radius 2 is 2.20 bits per heavy atom. The molecule has 0 aliphatic carbocycles. The fourth-order valence-corrected chi connectivity index (χ4v) is 0.960. The Kier molecular flexibility index (Phi) is 3.12. The molecule has 1 aromatic rings. The van der Waals surface area contributed by atoms with Crippen molar-refractivity contribution in [2.24, 2.45) is 0 Å². The van der Waals surface area contributed by atoms with E-state index >= 15 is 0 Å². The van der Waals surface area contributed by atoms with Crippen molar-refractivity contribution in [2.45, 2.75) is 6.92 Å². The molecule has 0 bridgehead atoms. The van der Waals surface area contributed by atoms with Crippen LogP contribution in [0.5, 0.6) is 0 Å². The van der Waals surface area contributed by atoms with Crippen LogP contribution in [0.25, 0.3) is 0 Å². The van der Waals surface area contributed by atoms with Gasteiger partial charge in [-0.25, -0.2) is 9.78 Å². The third-order valence-corrected chi connectivity index (χ3v) is 1.59. The number of hydrogen-bond donors (Lipinski definition) is 2. The third-order valence-electron chi connectivity index (χ3n) is 1.59. The predicted molar refractivity (Wildman–Crippen MR) is 50.9 cm³/mol. The summed E-state index contributed by atoms with van der Waals surface area (Å²) in [4.78, 5) is 35.5. The van der Waals surface area contributed by atoms with Crippen molar-refractivity contribution in [1.29, 1.82) is 0 Å². The van der Waals surface area contributed by atoms with Gasteiger partial charge in [-0.05, 0) is 6.07 Å². The Morgan fingerprint density at radius 1 is 1.53 bits per heavy atom. The normalized spacial score (nSPS) is 9.40. The lowest BCUT2D eigenvalue weighted by atomic mass is 10.2. The molecule has 1 aromatic heterocycles. The van der Waals surface area contributed by atoms with E-state index in [4.69, 9.17) is 5.11 Å². The van der Waals surface area contributed by atoms with E-state index < -0.39 is 5.97 Å². The molecule has 6 heteroatoms. The quantitative estimate of drug-likeness (QED) is 0.707. The Bertz CT molecular complexity index is 428. The highest BCUT2D eigenvalue weighted by atomic mass is 16.4. The minimum atomic E-state index is -1.18.